The fraction of sp³-hybridized carbons (Fsp3) is 0.200. The van der Waals surface area contributed by atoms with Crippen LogP contribution in [0.25, 0.3) is 16.3 Å². The van der Waals surface area contributed by atoms with Crippen molar-refractivity contribution in [3.63, 3.8) is 0 Å². The van der Waals surface area contributed by atoms with E-state index >= 15 is 0 Å². The number of benzene rings is 2. The summed E-state index contributed by atoms with van der Waals surface area (Å²) in [5.41, 5.74) is 1.56. The van der Waals surface area contributed by atoms with Crippen molar-refractivity contribution < 1.29 is 13.2 Å². The number of fused-ring (bicyclic) bond motifs is 1. The molecule has 0 saturated carbocycles. The van der Waals surface area contributed by atoms with Crippen LogP contribution in [0.4, 0.5) is 0 Å². The predicted molar refractivity (Wildman–Crippen MR) is 113 cm³/mol. The number of aromatic amines is 1. The molecule has 0 spiro atoms. The first-order valence-corrected chi connectivity index (χ1v) is 11.3. The van der Waals surface area contributed by atoms with Gasteiger partial charge in [0.25, 0.3) is 0 Å². The summed E-state index contributed by atoms with van der Waals surface area (Å²) in [5, 5.41) is 0. The highest BCUT2D eigenvalue weighted by Gasteiger charge is 2.29. The van der Waals surface area contributed by atoms with Gasteiger partial charge in [0, 0.05) is 32.3 Å². The van der Waals surface area contributed by atoms with E-state index in [0.29, 0.717) is 23.3 Å². The van der Waals surface area contributed by atoms with Crippen molar-refractivity contribution in [2.75, 3.05) is 26.2 Å². The SMILES string of the molecule is O=C(C=Cc1ccccc1)N1CCN(S(=O)(=O)c2ccc3[nH]c(=O)sc3c2)CC1. The van der Waals surface area contributed by atoms with Gasteiger partial charge in [-0.1, -0.05) is 41.7 Å². The van der Waals surface area contributed by atoms with Gasteiger partial charge in [0.15, 0.2) is 0 Å². The molecule has 7 nitrogen and oxygen atoms in total. The topological polar surface area (TPSA) is 90.6 Å². The molecule has 1 fully saturated rings. The zero-order valence-electron chi connectivity index (χ0n) is 15.4. The van der Waals surface area contributed by atoms with Gasteiger partial charge in [-0.15, -0.1) is 0 Å². The van der Waals surface area contributed by atoms with E-state index in [1.807, 2.05) is 30.3 Å². The van der Waals surface area contributed by atoms with Gasteiger partial charge in [-0.3, -0.25) is 9.59 Å². The lowest BCUT2D eigenvalue weighted by atomic mass is 10.2. The Morgan fingerprint density at radius 3 is 2.48 bits per heavy atom. The van der Waals surface area contributed by atoms with Crippen LogP contribution in [-0.4, -0.2) is 54.7 Å². The number of piperazine rings is 1. The van der Waals surface area contributed by atoms with Crippen LogP contribution in [-0.2, 0) is 14.8 Å². The van der Waals surface area contributed by atoms with Crippen LogP contribution in [0.3, 0.4) is 0 Å². The van der Waals surface area contributed by atoms with E-state index < -0.39 is 10.0 Å². The van der Waals surface area contributed by atoms with Crippen LogP contribution < -0.4 is 4.87 Å². The van der Waals surface area contributed by atoms with Gasteiger partial charge in [-0.05, 0) is 29.8 Å². The molecule has 9 heteroatoms. The summed E-state index contributed by atoms with van der Waals surface area (Å²) < 4.78 is 27.9. The first-order chi connectivity index (χ1) is 13.9. The van der Waals surface area contributed by atoms with Gasteiger partial charge < -0.3 is 9.88 Å². The summed E-state index contributed by atoms with van der Waals surface area (Å²) in [7, 11) is -3.68. The number of thiazole rings is 1. The van der Waals surface area contributed by atoms with E-state index in [9.17, 15) is 18.0 Å². The standard InChI is InChI=1S/C20H19N3O4S2/c24-19(9-6-15-4-2-1-3-5-15)22-10-12-23(13-11-22)29(26,27)16-7-8-17-18(14-16)28-20(25)21-17/h1-9,14H,10-13H2,(H,21,25). The van der Waals surface area contributed by atoms with E-state index in [1.165, 1.54) is 22.5 Å². The highest BCUT2D eigenvalue weighted by Crippen LogP contribution is 2.23. The fourth-order valence-corrected chi connectivity index (χ4v) is 5.52. The number of nitrogens with one attached hydrogen (secondary N) is 1. The molecule has 0 atom stereocenters. The molecule has 1 amide bonds. The largest absolute Gasteiger partial charge is 0.337 e. The summed E-state index contributed by atoms with van der Waals surface area (Å²) in [5.74, 6) is -0.135. The molecule has 2 heterocycles. The highest BCUT2D eigenvalue weighted by atomic mass is 32.2. The monoisotopic (exact) mass is 429 g/mol. The second kappa shape index (κ2) is 7.94. The van der Waals surface area contributed by atoms with E-state index in [4.69, 9.17) is 0 Å². The number of nitrogens with zero attached hydrogens (tertiary/aromatic N) is 2. The second-order valence-electron chi connectivity index (χ2n) is 6.65. The number of carbonyl (C=O) groups is 1. The average Bonchev–Trinajstić information content (AvgIpc) is 3.12. The first-order valence-electron chi connectivity index (χ1n) is 9.08. The Kier molecular flexibility index (Phi) is 5.35. The summed E-state index contributed by atoms with van der Waals surface area (Å²) >= 11 is 0.982. The zero-order valence-corrected chi connectivity index (χ0v) is 17.1. The number of hydrogen-bond donors (Lipinski definition) is 1. The Morgan fingerprint density at radius 1 is 1.03 bits per heavy atom. The van der Waals surface area contributed by atoms with Gasteiger partial charge in [0.1, 0.15) is 0 Å². The third-order valence-corrected chi connectivity index (χ3v) is 7.54. The molecule has 29 heavy (non-hydrogen) atoms. The van der Waals surface area contributed by atoms with Crippen molar-refractivity contribution in [2.24, 2.45) is 0 Å². The normalized spacial score (nSPS) is 15.9. The number of H-pyrrole nitrogens is 1. The van der Waals surface area contributed by atoms with E-state index in [2.05, 4.69) is 4.98 Å². The predicted octanol–water partition coefficient (Wildman–Crippen LogP) is 2.14. The van der Waals surface area contributed by atoms with Crippen molar-refractivity contribution in [2.45, 2.75) is 4.90 Å². The van der Waals surface area contributed by atoms with Crippen molar-refractivity contribution in [3.8, 4) is 0 Å². The fourth-order valence-electron chi connectivity index (χ4n) is 3.22. The zero-order chi connectivity index (χ0) is 20.4. The van der Waals surface area contributed by atoms with Gasteiger partial charge in [-0.2, -0.15) is 4.31 Å². The number of hydrogen-bond acceptors (Lipinski definition) is 5. The molecule has 3 aromatic rings. The summed E-state index contributed by atoms with van der Waals surface area (Å²) in [6.07, 6.45) is 3.27. The quantitative estimate of drug-likeness (QED) is 0.644. The Hall–Kier alpha value is -2.75. The molecule has 1 aromatic heterocycles. The Balaban J connectivity index is 1.43. The number of amides is 1. The summed E-state index contributed by atoms with van der Waals surface area (Å²) in [6, 6.07) is 14.2. The molecule has 1 saturated heterocycles. The molecule has 0 radical (unpaired) electrons. The van der Waals surface area contributed by atoms with E-state index in [1.54, 1.807) is 17.0 Å². The van der Waals surface area contributed by atoms with Gasteiger partial charge in [0.2, 0.25) is 15.9 Å². The maximum atomic E-state index is 12.9. The minimum Gasteiger partial charge on any atom is -0.337 e. The lowest BCUT2D eigenvalue weighted by Crippen LogP contribution is -2.50. The van der Waals surface area contributed by atoms with Gasteiger partial charge >= 0.3 is 4.87 Å². The summed E-state index contributed by atoms with van der Waals surface area (Å²) in [6.45, 7) is 1.12. The minimum atomic E-state index is -3.68. The molecule has 4 rings (SSSR count). The Morgan fingerprint density at radius 2 is 1.76 bits per heavy atom. The molecule has 2 aromatic carbocycles. The number of aromatic nitrogens is 1. The maximum absolute atomic E-state index is 12.9. The van der Waals surface area contributed by atoms with Crippen LogP contribution >= 0.6 is 11.3 Å². The van der Waals surface area contributed by atoms with Crippen molar-refractivity contribution >= 4 is 43.6 Å². The van der Waals surface area contributed by atoms with Crippen LogP contribution in [0.5, 0.6) is 0 Å². The molecule has 1 N–H and O–H groups in total. The number of rotatable bonds is 4. The maximum Gasteiger partial charge on any atom is 0.305 e. The molecule has 0 aliphatic carbocycles. The van der Waals surface area contributed by atoms with E-state index in [0.717, 1.165) is 16.9 Å². The molecule has 1 aliphatic heterocycles. The molecule has 1 aliphatic rings. The van der Waals surface area contributed by atoms with Crippen LogP contribution in [0, 0.1) is 0 Å². The lowest BCUT2D eigenvalue weighted by molar-refractivity contribution is -0.127. The number of sulfonamides is 1. The van der Waals surface area contributed by atoms with E-state index in [-0.39, 0.29) is 28.8 Å². The second-order valence-corrected chi connectivity index (χ2v) is 9.60. The van der Waals surface area contributed by atoms with Crippen molar-refractivity contribution in [1.29, 1.82) is 0 Å². The van der Waals surface area contributed by atoms with Crippen LogP contribution in [0.15, 0.2) is 64.3 Å². The van der Waals surface area contributed by atoms with Crippen LogP contribution in [0.1, 0.15) is 5.56 Å². The molecular weight excluding hydrogens is 410 g/mol. The third kappa shape index (κ3) is 4.16. The third-order valence-electron chi connectivity index (χ3n) is 4.80. The smallest absolute Gasteiger partial charge is 0.305 e. The highest BCUT2D eigenvalue weighted by molar-refractivity contribution is 7.89. The van der Waals surface area contributed by atoms with Crippen molar-refractivity contribution in [3.05, 3.63) is 69.8 Å². The average molecular weight is 430 g/mol. The molecular formula is C20H19N3O4S2. The molecule has 150 valence electrons. The first kappa shape index (κ1) is 19.6. The molecule has 0 unspecified atom stereocenters. The van der Waals surface area contributed by atoms with Crippen LogP contribution in [0.2, 0.25) is 0 Å². The minimum absolute atomic E-state index is 0.135. The summed E-state index contributed by atoms with van der Waals surface area (Å²) in [4.78, 5) is 28.1. The Bertz CT molecular complexity index is 1220. The lowest BCUT2D eigenvalue weighted by Gasteiger charge is -2.33. The number of carbonyl (C=O) groups excluding carboxylic acids is 1. The molecule has 0 bridgehead atoms. The van der Waals surface area contributed by atoms with Gasteiger partial charge in [0.05, 0.1) is 15.1 Å². The van der Waals surface area contributed by atoms with Crippen molar-refractivity contribution in [1.82, 2.24) is 14.2 Å². The Labute approximate surface area is 171 Å². The van der Waals surface area contributed by atoms with Gasteiger partial charge in [-0.25, -0.2) is 8.42 Å².